The summed E-state index contributed by atoms with van der Waals surface area (Å²) >= 11 is 0. The van der Waals surface area contributed by atoms with E-state index < -0.39 is 7.60 Å². The summed E-state index contributed by atoms with van der Waals surface area (Å²) in [4.78, 5) is 9.57. The summed E-state index contributed by atoms with van der Waals surface area (Å²) in [5, 5.41) is 0. The lowest BCUT2D eigenvalue weighted by molar-refractivity contribution is -0.0579. The van der Waals surface area contributed by atoms with Crippen molar-refractivity contribution in [3.05, 3.63) is 0 Å². The van der Waals surface area contributed by atoms with Gasteiger partial charge in [-0.25, -0.2) is 4.57 Å². The molecule has 0 spiro atoms. The van der Waals surface area contributed by atoms with Crippen LogP contribution in [0.4, 0.5) is 0 Å². The summed E-state index contributed by atoms with van der Waals surface area (Å²) in [6, 6.07) is 0. The van der Waals surface area contributed by atoms with Crippen LogP contribution in [0.5, 0.6) is 0 Å². The van der Waals surface area contributed by atoms with Gasteiger partial charge in [0.2, 0.25) is 0 Å². The molecule has 0 aromatic carbocycles. The fourth-order valence-electron chi connectivity index (χ4n) is 3.96. The zero-order valence-electron chi connectivity index (χ0n) is 16.7. The summed E-state index contributed by atoms with van der Waals surface area (Å²) in [6.07, 6.45) is 4.86. The van der Waals surface area contributed by atoms with Gasteiger partial charge in [0.25, 0.3) is 0 Å². The molecule has 1 saturated heterocycles. The maximum atomic E-state index is 11.7. The molecule has 4 nitrogen and oxygen atoms in total. The Morgan fingerprint density at radius 1 is 1.00 bits per heavy atom. The summed E-state index contributed by atoms with van der Waals surface area (Å²) < 4.78 is 23.3. The molecule has 0 saturated carbocycles. The molecule has 5 atom stereocenters. The Morgan fingerprint density at radius 3 is 1.79 bits per heavy atom. The molecule has 0 aromatic heterocycles. The van der Waals surface area contributed by atoms with Gasteiger partial charge in [-0.05, 0) is 28.1 Å². The van der Waals surface area contributed by atoms with E-state index in [1.54, 1.807) is 0 Å². The van der Waals surface area contributed by atoms with E-state index in [1.165, 1.54) is 0 Å². The number of ether oxygens (including phenoxy) is 1. The van der Waals surface area contributed by atoms with E-state index in [2.05, 4.69) is 62.3 Å². The molecule has 2 unspecified atom stereocenters. The van der Waals surface area contributed by atoms with Crippen LogP contribution in [-0.4, -0.2) is 23.7 Å². The highest BCUT2D eigenvalue weighted by Crippen LogP contribution is 2.55. The summed E-state index contributed by atoms with van der Waals surface area (Å²) in [5.74, 6) is 0.495. The van der Waals surface area contributed by atoms with Crippen LogP contribution in [0.3, 0.4) is 0 Å². The molecule has 1 fully saturated rings. The van der Waals surface area contributed by atoms with Crippen molar-refractivity contribution in [1.29, 1.82) is 0 Å². The van der Waals surface area contributed by atoms with Gasteiger partial charge in [-0.2, -0.15) is 0 Å². The Balaban J connectivity index is 3.24. The molecule has 0 amide bonds. The van der Waals surface area contributed by atoms with Crippen molar-refractivity contribution in [2.24, 2.45) is 28.1 Å². The van der Waals surface area contributed by atoms with E-state index in [9.17, 15) is 9.46 Å². The SMILES string of the molecule is C#CP(=O)(O)OC[C@H]1O[C@@H](C(C)(C)C)[C@@H](C(C)(C)C)C1C(C)(C)C. The van der Waals surface area contributed by atoms with Crippen LogP contribution in [0.2, 0.25) is 0 Å². The third kappa shape index (κ3) is 5.09. The number of hydrogen-bond donors (Lipinski definition) is 1. The second kappa shape index (κ2) is 6.76. The van der Waals surface area contributed by atoms with Gasteiger partial charge >= 0.3 is 7.60 Å². The fraction of sp³-hybridized carbons (Fsp3) is 0.895. The summed E-state index contributed by atoms with van der Waals surface area (Å²) in [7, 11) is -3.98. The standard InChI is InChI=1S/C19H35O4P/c1-11-24(20,21)22-12-13-14(17(2,3)4)15(18(5,6)7)16(23-13)19(8,9)10/h1,13-16H,12H2,2-10H3,(H,20,21)/t13-,14?,15+,16-/m1/s1. The number of hydrogen-bond acceptors (Lipinski definition) is 3. The van der Waals surface area contributed by atoms with Crippen LogP contribution in [0.1, 0.15) is 62.3 Å². The third-order valence-corrected chi connectivity index (χ3v) is 5.69. The van der Waals surface area contributed by atoms with Crippen LogP contribution in [0.25, 0.3) is 0 Å². The minimum Gasteiger partial charge on any atom is -0.371 e. The van der Waals surface area contributed by atoms with Crippen molar-refractivity contribution >= 4 is 7.60 Å². The van der Waals surface area contributed by atoms with Crippen molar-refractivity contribution in [3.63, 3.8) is 0 Å². The van der Waals surface area contributed by atoms with Gasteiger partial charge in [-0.3, -0.25) is 4.52 Å². The van der Waals surface area contributed by atoms with Crippen molar-refractivity contribution in [1.82, 2.24) is 0 Å². The molecule has 0 bridgehead atoms. The van der Waals surface area contributed by atoms with Crippen LogP contribution in [0.15, 0.2) is 0 Å². The Labute approximate surface area is 148 Å². The van der Waals surface area contributed by atoms with E-state index in [0.29, 0.717) is 5.92 Å². The van der Waals surface area contributed by atoms with Crippen LogP contribution >= 0.6 is 7.60 Å². The van der Waals surface area contributed by atoms with Crippen LogP contribution < -0.4 is 0 Å². The molecular formula is C19H35O4P. The molecule has 1 N–H and O–H groups in total. The molecule has 1 heterocycles. The topological polar surface area (TPSA) is 55.8 Å². The average Bonchev–Trinajstić information content (AvgIpc) is 2.75. The van der Waals surface area contributed by atoms with Gasteiger partial charge in [-0.1, -0.05) is 62.3 Å². The summed E-state index contributed by atoms with van der Waals surface area (Å²) in [5.41, 5.74) is 1.81. The lowest BCUT2D eigenvalue weighted by Crippen LogP contribution is -2.44. The highest BCUT2D eigenvalue weighted by molar-refractivity contribution is 7.58. The quantitative estimate of drug-likeness (QED) is 0.575. The van der Waals surface area contributed by atoms with E-state index in [4.69, 9.17) is 15.7 Å². The first-order valence-corrected chi connectivity index (χ1v) is 10.2. The van der Waals surface area contributed by atoms with E-state index in [0.717, 1.165) is 0 Å². The number of terminal acetylenes is 1. The molecule has 1 rings (SSSR count). The maximum absolute atomic E-state index is 11.7. The highest BCUT2D eigenvalue weighted by Gasteiger charge is 2.56. The lowest BCUT2D eigenvalue weighted by Gasteiger charge is -2.44. The average molecular weight is 358 g/mol. The molecule has 0 aliphatic carbocycles. The molecule has 0 radical (unpaired) electrons. The van der Waals surface area contributed by atoms with Gasteiger partial charge in [0, 0.05) is 5.66 Å². The third-order valence-electron chi connectivity index (χ3n) is 4.87. The molecule has 5 heteroatoms. The first-order chi connectivity index (χ1) is 10.5. The normalized spacial score (nSPS) is 31.5. The van der Waals surface area contributed by atoms with E-state index in [-0.39, 0.29) is 41.0 Å². The van der Waals surface area contributed by atoms with Gasteiger partial charge in [0.05, 0.1) is 18.8 Å². The van der Waals surface area contributed by atoms with Gasteiger partial charge < -0.3 is 9.63 Å². The Bertz CT molecular complexity index is 528. The molecule has 140 valence electrons. The van der Waals surface area contributed by atoms with Crippen LogP contribution in [0, 0.1) is 40.2 Å². The molecule has 1 aliphatic heterocycles. The van der Waals surface area contributed by atoms with E-state index in [1.807, 2.05) is 5.66 Å². The van der Waals surface area contributed by atoms with Crippen molar-refractivity contribution in [3.8, 4) is 12.1 Å². The Hall–Kier alpha value is -0.330. The Morgan fingerprint density at radius 2 is 1.46 bits per heavy atom. The first kappa shape index (κ1) is 21.7. The van der Waals surface area contributed by atoms with Gasteiger partial charge in [-0.15, -0.1) is 6.42 Å². The van der Waals surface area contributed by atoms with Gasteiger partial charge in [0.15, 0.2) is 0 Å². The molecule has 24 heavy (non-hydrogen) atoms. The maximum Gasteiger partial charge on any atom is 0.402 e. The second-order valence-electron chi connectivity index (χ2n) is 10.2. The fourth-order valence-corrected chi connectivity index (χ4v) is 4.39. The zero-order valence-corrected chi connectivity index (χ0v) is 17.6. The monoisotopic (exact) mass is 358 g/mol. The molecular weight excluding hydrogens is 323 g/mol. The summed E-state index contributed by atoms with van der Waals surface area (Å²) in [6.45, 7) is 19.9. The predicted octanol–water partition coefficient (Wildman–Crippen LogP) is 4.92. The number of rotatable bonds is 3. The minimum absolute atomic E-state index is 0.0262. The van der Waals surface area contributed by atoms with Crippen LogP contribution in [-0.2, 0) is 13.8 Å². The van der Waals surface area contributed by atoms with Gasteiger partial charge in [0.1, 0.15) is 0 Å². The van der Waals surface area contributed by atoms with Crippen molar-refractivity contribution < 1.29 is 18.7 Å². The molecule has 0 aromatic rings. The Kier molecular flexibility index (Phi) is 6.12. The lowest BCUT2D eigenvalue weighted by atomic mass is 9.59. The van der Waals surface area contributed by atoms with Crippen molar-refractivity contribution in [2.45, 2.75) is 74.5 Å². The largest absolute Gasteiger partial charge is 0.402 e. The molecule has 1 aliphatic rings. The first-order valence-electron chi connectivity index (χ1n) is 8.61. The smallest absolute Gasteiger partial charge is 0.371 e. The minimum atomic E-state index is -3.98. The zero-order chi connectivity index (χ0) is 19.1. The predicted molar refractivity (Wildman–Crippen MR) is 98.6 cm³/mol. The van der Waals surface area contributed by atoms with E-state index >= 15 is 0 Å². The van der Waals surface area contributed by atoms with Crippen molar-refractivity contribution in [2.75, 3.05) is 6.61 Å². The highest BCUT2D eigenvalue weighted by atomic mass is 31.2. The second-order valence-corrected chi connectivity index (χ2v) is 11.7.